The molecule has 1 unspecified atom stereocenters. The fourth-order valence-electron chi connectivity index (χ4n) is 1.72. The zero-order chi connectivity index (χ0) is 12.8. The van der Waals surface area contributed by atoms with Crippen LogP contribution in [0.2, 0.25) is 0 Å². The number of aromatic amines is 1. The average molecular weight is 242 g/mol. The summed E-state index contributed by atoms with van der Waals surface area (Å²) in [4.78, 5) is 15.4. The lowest BCUT2D eigenvalue weighted by molar-refractivity contribution is -0.116. The SMILES string of the molecule is C=CC(=O)NCC(c1ccccc1)c1ncn[nH]1. The summed E-state index contributed by atoms with van der Waals surface area (Å²) in [5.74, 6) is 0.485. The fourth-order valence-corrected chi connectivity index (χ4v) is 1.72. The molecular formula is C13H14N4O. The molecule has 0 aliphatic rings. The molecule has 0 saturated carbocycles. The molecule has 0 aliphatic heterocycles. The van der Waals surface area contributed by atoms with Crippen molar-refractivity contribution in [1.29, 1.82) is 0 Å². The van der Waals surface area contributed by atoms with Crippen molar-refractivity contribution in [3.8, 4) is 0 Å². The normalized spacial score (nSPS) is 11.8. The standard InChI is InChI=1S/C13H14N4O/c1-2-12(18)14-8-11(13-15-9-16-17-13)10-6-4-3-5-7-10/h2-7,9,11H,1,8H2,(H,14,18)(H,15,16,17). The van der Waals surface area contributed by atoms with Crippen LogP contribution in [0.1, 0.15) is 17.3 Å². The first-order valence-electron chi connectivity index (χ1n) is 5.61. The Balaban J connectivity index is 2.19. The molecule has 0 bridgehead atoms. The number of nitrogens with zero attached hydrogens (tertiary/aromatic N) is 2. The van der Waals surface area contributed by atoms with Gasteiger partial charge in [-0.05, 0) is 11.6 Å². The molecule has 0 aliphatic carbocycles. The van der Waals surface area contributed by atoms with Crippen LogP contribution in [-0.4, -0.2) is 27.6 Å². The van der Waals surface area contributed by atoms with E-state index in [4.69, 9.17) is 0 Å². The molecule has 92 valence electrons. The van der Waals surface area contributed by atoms with E-state index >= 15 is 0 Å². The number of nitrogens with one attached hydrogen (secondary N) is 2. The Labute approximate surface area is 105 Å². The van der Waals surface area contributed by atoms with Gasteiger partial charge in [0.25, 0.3) is 0 Å². The maximum absolute atomic E-state index is 11.2. The molecular weight excluding hydrogens is 228 g/mol. The summed E-state index contributed by atoms with van der Waals surface area (Å²) in [6.45, 7) is 3.87. The minimum Gasteiger partial charge on any atom is -0.351 e. The molecule has 5 heteroatoms. The van der Waals surface area contributed by atoms with Crippen molar-refractivity contribution < 1.29 is 4.79 Å². The topological polar surface area (TPSA) is 70.7 Å². The molecule has 0 radical (unpaired) electrons. The van der Waals surface area contributed by atoms with Crippen molar-refractivity contribution in [2.45, 2.75) is 5.92 Å². The second kappa shape index (κ2) is 5.77. The van der Waals surface area contributed by atoms with E-state index in [2.05, 4.69) is 27.1 Å². The Hall–Kier alpha value is -2.43. The Bertz CT molecular complexity index is 507. The maximum Gasteiger partial charge on any atom is 0.243 e. The van der Waals surface area contributed by atoms with E-state index < -0.39 is 0 Å². The molecule has 2 aromatic rings. The highest BCUT2D eigenvalue weighted by atomic mass is 16.1. The summed E-state index contributed by atoms with van der Waals surface area (Å²) < 4.78 is 0. The van der Waals surface area contributed by atoms with E-state index in [1.807, 2.05) is 30.3 Å². The summed E-state index contributed by atoms with van der Waals surface area (Å²) in [5.41, 5.74) is 1.07. The molecule has 1 aromatic carbocycles. The minimum atomic E-state index is -0.199. The van der Waals surface area contributed by atoms with Gasteiger partial charge >= 0.3 is 0 Å². The second-order valence-electron chi connectivity index (χ2n) is 3.78. The summed E-state index contributed by atoms with van der Waals surface area (Å²) in [5, 5.41) is 9.46. The fraction of sp³-hybridized carbons (Fsp3) is 0.154. The Morgan fingerprint density at radius 3 is 2.83 bits per heavy atom. The lowest BCUT2D eigenvalue weighted by Gasteiger charge is -2.14. The molecule has 1 heterocycles. The van der Waals surface area contributed by atoms with Crippen LogP contribution in [-0.2, 0) is 4.79 Å². The van der Waals surface area contributed by atoms with Crippen LogP contribution in [0, 0.1) is 0 Å². The van der Waals surface area contributed by atoms with Gasteiger partial charge in [0.15, 0.2) is 0 Å². The average Bonchev–Trinajstić information content (AvgIpc) is 2.94. The highest BCUT2D eigenvalue weighted by molar-refractivity contribution is 5.86. The smallest absolute Gasteiger partial charge is 0.243 e. The van der Waals surface area contributed by atoms with E-state index in [0.29, 0.717) is 6.54 Å². The predicted octanol–water partition coefficient (Wildman–Crippen LogP) is 1.24. The van der Waals surface area contributed by atoms with Gasteiger partial charge in [-0.15, -0.1) is 0 Å². The lowest BCUT2D eigenvalue weighted by Crippen LogP contribution is -2.27. The second-order valence-corrected chi connectivity index (χ2v) is 3.78. The molecule has 1 atom stereocenters. The van der Waals surface area contributed by atoms with Gasteiger partial charge in [-0.1, -0.05) is 36.9 Å². The number of H-pyrrole nitrogens is 1. The summed E-state index contributed by atoms with van der Waals surface area (Å²) in [7, 11) is 0. The summed E-state index contributed by atoms with van der Waals surface area (Å²) >= 11 is 0. The molecule has 2 rings (SSSR count). The zero-order valence-electron chi connectivity index (χ0n) is 9.84. The van der Waals surface area contributed by atoms with Crippen molar-refractivity contribution >= 4 is 5.91 Å². The number of hydrogen-bond acceptors (Lipinski definition) is 3. The Morgan fingerprint density at radius 1 is 1.44 bits per heavy atom. The first-order valence-corrected chi connectivity index (χ1v) is 5.61. The summed E-state index contributed by atoms with van der Waals surface area (Å²) in [6.07, 6.45) is 2.71. The molecule has 5 nitrogen and oxygen atoms in total. The van der Waals surface area contributed by atoms with Gasteiger partial charge in [-0.3, -0.25) is 9.89 Å². The number of amides is 1. The maximum atomic E-state index is 11.2. The highest BCUT2D eigenvalue weighted by Crippen LogP contribution is 2.20. The van der Waals surface area contributed by atoms with Gasteiger partial charge in [-0.2, -0.15) is 5.10 Å². The zero-order valence-corrected chi connectivity index (χ0v) is 9.84. The van der Waals surface area contributed by atoms with Gasteiger partial charge in [0.2, 0.25) is 5.91 Å². The molecule has 1 amide bonds. The van der Waals surface area contributed by atoms with Crippen LogP contribution in [0.15, 0.2) is 49.3 Å². The largest absolute Gasteiger partial charge is 0.351 e. The van der Waals surface area contributed by atoms with E-state index in [0.717, 1.165) is 11.4 Å². The minimum absolute atomic E-state index is 0.0439. The summed E-state index contributed by atoms with van der Waals surface area (Å²) in [6, 6.07) is 9.84. The van der Waals surface area contributed by atoms with Crippen LogP contribution in [0.4, 0.5) is 0 Å². The number of benzene rings is 1. The van der Waals surface area contributed by atoms with Crippen molar-refractivity contribution in [3.05, 3.63) is 60.7 Å². The number of rotatable bonds is 5. The van der Waals surface area contributed by atoms with E-state index in [9.17, 15) is 4.79 Å². The van der Waals surface area contributed by atoms with Crippen LogP contribution in [0.5, 0.6) is 0 Å². The Morgan fingerprint density at radius 2 is 2.22 bits per heavy atom. The number of hydrogen-bond donors (Lipinski definition) is 2. The van der Waals surface area contributed by atoms with Crippen molar-refractivity contribution in [2.24, 2.45) is 0 Å². The van der Waals surface area contributed by atoms with Crippen LogP contribution >= 0.6 is 0 Å². The van der Waals surface area contributed by atoms with Gasteiger partial charge in [-0.25, -0.2) is 4.98 Å². The van der Waals surface area contributed by atoms with Crippen molar-refractivity contribution in [3.63, 3.8) is 0 Å². The quantitative estimate of drug-likeness (QED) is 0.775. The molecule has 0 saturated heterocycles. The van der Waals surface area contributed by atoms with Crippen LogP contribution in [0.25, 0.3) is 0 Å². The predicted molar refractivity (Wildman–Crippen MR) is 67.9 cm³/mol. The lowest BCUT2D eigenvalue weighted by atomic mass is 9.98. The van der Waals surface area contributed by atoms with Gasteiger partial charge in [0.1, 0.15) is 12.2 Å². The third-order valence-corrected chi connectivity index (χ3v) is 2.63. The van der Waals surface area contributed by atoms with E-state index in [1.54, 1.807) is 0 Å². The first-order chi connectivity index (χ1) is 8.81. The highest BCUT2D eigenvalue weighted by Gasteiger charge is 2.17. The van der Waals surface area contributed by atoms with E-state index in [1.165, 1.54) is 12.4 Å². The van der Waals surface area contributed by atoms with Gasteiger partial charge in [0.05, 0.1) is 5.92 Å². The van der Waals surface area contributed by atoms with E-state index in [-0.39, 0.29) is 11.8 Å². The number of carbonyl (C=O) groups is 1. The third kappa shape index (κ3) is 2.82. The van der Waals surface area contributed by atoms with Gasteiger partial charge < -0.3 is 5.32 Å². The van der Waals surface area contributed by atoms with Crippen LogP contribution in [0.3, 0.4) is 0 Å². The Kier molecular flexibility index (Phi) is 3.86. The molecule has 0 fully saturated rings. The van der Waals surface area contributed by atoms with Crippen LogP contribution < -0.4 is 5.32 Å². The van der Waals surface area contributed by atoms with Crippen molar-refractivity contribution in [1.82, 2.24) is 20.5 Å². The third-order valence-electron chi connectivity index (χ3n) is 2.63. The molecule has 2 N–H and O–H groups in total. The number of aromatic nitrogens is 3. The molecule has 0 spiro atoms. The number of carbonyl (C=O) groups excluding carboxylic acids is 1. The first kappa shape index (κ1) is 12.0. The molecule has 18 heavy (non-hydrogen) atoms. The molecule has 1 aromatic heterocycles. The van der Waals surface area contributed by atoms with Gasteiger partial charge in [0, 0.05) is 6.54 Å². The van der Waals surface area contributed by atoms with Crippen molar-refractivity contribution in [2.75, 3.05) is 6.54 Å². The monoisotopic (exact) mass is 242 g/mol.